The average molecular weight is 439 g/mol. The molecule has 2 aliphatic rings. The Bertz CT molecular complexity index is 1220. The Morgan fingerprint density at radius 1 is 1.16 bits per heavy atom. The van der Waals surface area contributed by atoms with Crippen LogP contribution < -0.4 is 10.2 Å². The molecule has 5 rings (SSSR count). The number of nitrogens with zero attached hydrogens (tertiary/aromatic N) is 3. The maximum Gasteiger partial charge on any atom is 0.242 e. The van der Waals surface area contributed by atoms with Gasteiger partial charge in [-0.15, -0.1) is 0 Å². The summed E-state index contributed by atoms with van der Waals surface area (Å²) in [4.78, 5) is 28.5. The number of nitrogens with one attached hydrogen (secondary N) is 1. The van der Waals surface area contributed by atoms with E-state index in [1.54, 1.807) is 35.4 Å². The van der Waals surface area contributed by atoms with Gasteiger partial charge in [0.05, 0.1) is 22.6 Å². The highest BCUT2D eigenvalue weighted by atomic mass is 35.5. The van der Waals surface area contributed by atoms with Gasteiger partial charge in [0.25, 0.3) is 0 Å². The van der Waals surface area contributed by atoms with Gasteiger partial charge in [0.15, 0.2) is 0 Å². The number of hydrogen-bond donors (Lipinski definition) is 1. The van der Waals surface area contributed by atoms with E-state index in [0.717, 1.165) is 0 Å². The van der Waals surface area contributed by atoms with Crippen LogP contribution in [0.15, 0.2) is 48.7 Å². The van der Waals surface area contributed by atoms with Crippen LogP contribution in [0.5, 0.6) is 0 Å². The Balaban J connectivity index is 1.75. The zero-order valence-corrected chi connectivity index (χ0v) is 17.8. The van der Waals surface area contributed by atoms with Crippen LogP contribution in [0, 0.1) is 11.7 Å². The minimum Gasteiger partial charge on any atom is -0.310 e. The van der Waals surface area contributed by atoms with Crippen LogP contribution in [-0.4, -0.2) is 28.1 Å². The summed E-state index contributed by atoms with van der Waals surface area (Å²) in [5, 5.41) is 7.77. The lowest BCUT2D eigenvalue weighted by molar-refractivity contribution is -0.126. The molecule has 6 nitrogen and oxygen atoms in total. The summed E-state index contributed by atoms with van der Waals surface area (Å²) in [5.74, 6) is -0.221. The third-order valence-corrected chi connectivity index (χ3v) is 6.16. The van der Waals surface area contributed by atoms with Gasteiger partial charge in [-0.05, 0) is 41.8 Å². The number of amides is 2. The average Bonchev–Trinajstić information content (AvgIpc) is 3.23. The molecule has 158 valence electrons. The van der Waals surface area contributed by atoms with Crippen molar-refractivity contribution in [3.05, 3.63) is 70.6 Å². The van der Waals surface area contributed by atoms with Crippen LogP contribution in [0.3, 0.4) is 0 Å². The van der Waals surface area contributed by atoms with Gasteiger partial charge in [0.1, 0.15) is 17.1 Å². The van der Waals surface area contributed by atoms with Crippen molar-refractivity contribution in [1.82, 2.24) is 9.78 Å². The van der Waals surface area contributed by atoms with Gasteiger partial charge in [-0.25, -0.2) is 9.07 Å². The first-order chi connectivity index (χ1) is 14.8. The Labute approximate surface area is 183 Å². The summed E-state index contributed by atoms with van der Waals surface area (Å²) < 4.78 is 14.9. The molecule has 3 aromatic rings. The third kappa shape index (κ3) is 2.80. The molecule has 0 saturated carbocycles. The SMILES string of the molecule is CC(C)CN1C(=O)C2(CC(=O)Nc3c2cnn3-c2ccc(F)cc2)c2cccc(Cl)c21. The molecule has 1 N–H and O–H groups in total. The molecule has 0 radical (unpaired) electrons. The van der Waals surface area contributed by atoms with Crippen molar-refractivity contribution < 1.29 is 14.0 Å². The summed E-state index contributed by atoms with van der Waals surface area (Å²) in [5.41, 5.74) is 1.34. The number of benzene rings is 2. The lowest BCUT2D eigenvalue weighted by Crippen LogP contribution is -2.47. The fourth-order valence-corrected chi connectivity index (χ4v) is 4.90. The van der Waals surface area contributed by atoms with Crippen molar-refractivity contribution in [3.63, 3.8) is 0 Å². The number of rotatable bonds is 3. The highest BCUT2D eigenvalue weighted by Gasteiger charge is 2.57. The second kappa shape index (κ2) is 6.92. The second-order valence-corrected chi connectivity index (χ2v) is 8.78. The zero-order chi connectivity index (χ0) is 21.9. The van der Waals surface area contributed by atoms with Crippen LogP contribution in [0.1, 0.15) is 31.4 Å². The molecule has 1 unspecified atom stereocenters. The molecule has 2 aliphatic heterocycles. The lowest BCUT2D eigenvalue weighted by atomic mass is 9.72. The van der Waals surface area contributed by atoms with Crippen molar-refractivity contribution in [2.75, 3.05) is 16.8 Å². The van der Waals surface area contributed by atoms with E-state index in [1.807, 2.05) is 19.9 Å². The van der Waals surface area contributed by atoms with Crippen molar-refractivity contribution in [2.24, 2.45) is 5.92 Å². The molecule has 0 aliphatic carbocycles. The number of anilines is 2. The van der Waals surface area contributed by atoms with Gasteiger partial charge < -0.3 is 10.2 Å². The predicted molar refractivity (Wildman–Crippen MR) is 116 cm³/mol. The quantitative estimate of drug-likeness (QED) is 0.663. The number of hydrogen-bond acceptors (Lipinski definition) is 3. The summed E-state index contributed by atoms with van der Waals surface area (Å²) in [7, 11) is 0. The molecule has 0 bridgehead atoms. The summed E-state index contributed by atoms with van der Waals surface area (Å²) >= 11 is 6.54. The summed E-state index contributed by atoms with van der Waals surface area (Å²) in [6, 6.07) is 11.2. The van der Waals surface area contributed by atoms with Gasteiger partial charge in [-0.2, -0.15) is 5.10 Å². The third-order valence-electron chi connectivity index (χ3n) is 5.86. The van der Waals surface area contributed by atoms with Crippen LogP contribution >= 0.6 is 11.6 Å². The highest BCUT2D eigenvalue weighted by molar-refractivity contribution is 6.35. The van der Waals surface area contributed by atoms with Crippen molar-refractivity contribution in [1.29, 1.82) is 0 Å². The monoisotopic (exact) mass is 438 g/mol. The van der Waals surface area contributed by atoms with E-state index in [2.05, 4.69) is 10.4 Å². The number of carbonyl (C=O) groups is 2. The first-order valence-electron chi connectivity index (χ1n) is 10.1. The van der Waals surface area contributed by atoms with Crippen LogP contribution in [0.4, 0.5) is 15.9 Å². The van der Waals surface area contributed by atoms with Crippen molar-refractivity contribution in [3.8, 4) is 5.69 Å². The molecule has 0 fully saturated rings. The molecule has 1 atom stereocenters. The lowest BCUT2D eigenvalue weighted by Gasteiger charge is -2.32. The number of fused-ring (bicyclic) bond motifs is 4. The fourth-order valence-electron chi connectivity index (χ4n) is 4.62. The maximum absolute atomic E-state index is 13.9. The van der Waals surface area contributed by atoms with Crippen LogP contribution in [-0.2, 0) is 15.0 Å². The van der Waals surface area contributed by atoms with Gasteiger partial charge >= 0.3 is 0 Å². The van der Waals surface area contributed by atoms with Gasteiger partial charge in [-0.1, -0.05) is 37.6 Å². The van der Waals surface area contributed by atoms with Crippen molar-refractivity contribution >= 4 is 34.9 Å². The number of carbonyl (C=O) groups excluding carboxylic acids is 2. The van der Waals surface area contributed by atoms with E-state index in [9.17, 15) is 14.0 Å². The Morgan fingerprint density at radius 3 is 2.61 bits per heavy atom. The van der Waals surface area contributed by atoms with Gasteiger partial charge in [-0.3, -0.25) is 9.59 Å². The smallest absolute Gasteiger partial charge is 0.242 e. The van der Waals surface area contributed by atoms with Gasteiger partial charge in [0, 0.05) is 18.5 Å². The molecule has 0 saturated heterocycles. The van der Waals surface area contributed by atoms with E-state index < -0.39 is 5.41 Å². The maximum atomic E-state index is 13.9. The van der Waals surface area contributed by atoms with E-state index in [0.29, 0.717) is 39.9 Å². The molecule has 31 heavy (non-hydrogen) atoms. The van der Waals surface area contributed by atoms with E-state index in [1.165, 1.54) is 16.8 Å². The second-order valence-electron chi connectivity index (χ2n) is 8.37. The minimum atomic E-state index is -1.20. The normalized spacial score (nSPS) is 19.7. The molecular weight excluding hydrogens is 419 g/mol. The topological polar surface area (TPSA) is 67.2 Å². The molecule has 2 amide bonds. The van der Waals surface area contributed by atoms with Crippen LogP contribution in [0.25, 0.3) is 5.69 Å². The van der Waals surface area contributed by atoms with E-state index in [4.69, 9.17) is 11.6 Å². The number of para-hydroxylation sites is 1. The van der Waals surface area contributed by atoms with Crippen LogP contribution in [0.2, 0.25) is 5.02 Å². The number of aromatic nitrogens is 2. The zero-order valence-electron chi connectivity index (χ0n) is 17.0. The van der Waals surface area contributed by atoms with E-state index in [-0.39, 0.29) is 30.0 Å². The molecule has 1 spiro atoms. The molecule has 2 aromatic carbocycles. The summed E-state index contributed by atoms with van der Waals surface area (Å²) in [6.07, 6.45) is 1.58. The van der Waals surface area contributed by atoms with Crippen molar-refractivity contribution in [2.45, 2.75) is 25.7 Å². The molecular formula is C23H20ClFN4O2. The molecule has 8 heteroatoms. The first-order valence-corrected chi connectivity index (χ1v) is 10.5. The number of halogens is 2. The highest BCUT2D eigenvalue weighted by Crippen LogP contribution is 2.54. The van der Waals surface area contributed by atoms with E-state index >= 15 is 0 Å². The fraction of sp³-hybridized carbons (Fsp3) is 0.261. The Hall–Kier alpha value is -3.19. The largest absolute Gasteiger partial charge is 0.310 e. The first kappa shape index (κ1) is 19.8. The predicted octanol–water partition coefficient (Wildman–Crippen LogP) is 4.30. The Kier molecular flexibility index (Phi) is 4.41. The standard InChI is InChI=1S/C23H20ClFN4O2/c1-13(2)12-28-20-16(4-3-5-18(20)24)23(22(28)31)10-19(30)27-21-17(23)11-26-29(21)15-8-6-14(25)7-9-15/h3-9,11,13H,10,12H2,1-2H3,(H,27,30). The summed E-state index contributed by atoms with van der Waals surface area (Å²) in [6.45, 7) is 4.54. The molecule has 3 heterocycles. The Morgan fingerprint density at radius 2 is 1.90 bits per heavy atom. The van der Waals surface area contributed by atoms with Gasteiger partial charge in [0.2, 0.25) is 11.8 Å². The minimum absolute atomic E-state index is 0.0319. The molecule has 1 aromatic heterocycles.